The molecule has 2 saturated heterocycles. The summed E-state index contributed by atoms with van der Waals surface area (Å²) in [4.78, 5) is 28.8. The zero-order valence-electron chi connectivity index (χ0n) is 18.3. The molecule has 0 aromatic heterocycles. The molecule has 2 heterocycles. The summed E-state index contributed by atoms with van der Waals surface area (Å²) in [6, 6.07) is 18.4. The maximum absolute atomic E-state index is 12.3. The number of carbonyl (C=O) groups excluding carboxylic acids is 2. The fourth-order valence-electron chi connectivity index (χ4n) is 4.90. The van der Waals surface area contributed by atoms with Crippen molar-refractivity contribution < 1.29 is 19.1 Å². The first-order valence-corrected chi connectivity index (χ1v) is 10.8. The highest BCUT2D eigenvalue weighted by atomic mass is 16.5. The summed E-state index contributed by atoms with van der Waals surface area (Å²) in [5.41, 5.74) is 1.97. The number of likely N-dealkylation sites (tertiary alicyclic amines) is 2. The van der Waals surface area contributed by atoms with E-state index in [-0.39, 0.29) is 24.2 Å². The summed E-state index contributed by atoms with van der Waals surface area (Å²) in [7, 11) is 3.23. The van der Waals surface area contributed by atoms with Gasteiger partial charge in [0.15, 0.2) is 0 Å². The van der Waals surface area contributed by atoms with E-state index in [1.54, 1.807) is 4.90 Å². The monoisotopic (exact) mass is 422 g/mol. The Kier molecular flexibility index (Phi) is 6.28. The van der Waals surface area contributed by atoms with Crippen LogP contribution in [-0.2, 0) is 27.5 Å². The van der Waals surface area contributed by atoms with Crippen molar-refractivity contribution in [2.75, 3.05) is 27.2 Å². The number of piperidine rings is 1. The molecule has 1 amide bonds. The molecule has 0 aliphatic carbocycles. The van der Waals surface area contributed by atoms with Gasteiger partial charge in [0.2, 0.25) is 5.91 Å². The minimum atomic E-state index is -0.407. The molecule has 4 rings (SSSR count). The lowest BCUT2D eigenvalue weighted by molar-refractivity contribution is -0.149. The van der Waals surface area contributed by atoms with Crippen LogP contribution < -0.4 is 4.74 Å². The van der Waals surface area contributed by atoms with Gasteiger partial charge in [0.05, 0.1) is 18.6 Å². The highest BCUT2D eigenvalue weighted by molar-refractivity contribution is 5.88. The summed E-state index contributed by atoms with van der Waals surface area (Å²) >= 11 is 0. The van der Waals surface area contributed by atoms with Crippen LogP contribution >= 0.6 is 0 Å². The van der Waals surface area contributed by atoms with E-state index in [4.69, 9.17) is 9.47 Å². The number of rotatable bonds is 6. The Morgan fingerprint density at radius 3 is 2.35 bits per heavy atom. The summed E-state index contributed by atoms with van der Waals surface area (Å²) in [5.74, 6) is 0.266. The van der Waals surface area contributed by atoms with Crippen LogP contribution in [0.1, 0.15) is 30.4 Å². The van der Waals surface area contributed by atoms with Crippen molar-refractivity contribution in [2.45, 2.75) is 38.0 Å². The molecule has 0 saturated carbocycles. The average molecular weight is 423 g/mol. The fourth-order valence-corrected chi connectivity index (χ4v) is 4.90. The Hall–Kier alpha value is -2.86. The van der Waals surface area contributed by atoms with Gasteiger partial charge in [-0.25, -0.2) is 0 Å². The molecule has 2 aliphatic rings. The van der Waals surface area contributed by atoms with Gasteiger partial charge in [-0.2, -0.15) is 0 Å². The van der Waals surface area contributed by atoms with Gasteiger partial charge >= 0.3 is 5.97 Å². The standard InChI is InChI=1S/C25H30N2O4/c1-26-23(28)16-22(24(29)30-2)25(26)12-14-27(15-13-25)17-19-8-10-21(11-9-19)31-18-20-6-4-3-5-7-20/h3-11,22H,12-18H2,1-2H3. The number of amides is 1. The molecule has 6 heteroatoms. The molecule has 0 bridgehead atoms. The number of nitrogens with zero attached hydrogens (tertiary/aromatic N) is 2. The van der Waals surface area contributed by atoms with Crippen molar-refractivity contribution in [1.82, 2.24) is 9.80 Å². The van der Waals surface area contributed by atoms with Crippen molar-refractivity contribution in [1.29, 1.82) is 0 Å². The van der Waals surface area contributed by atoms with E-state index < -0.39 is 5.54 Å². The third-order valence-corrected chi connectivity index (χ3v) is 6.85. The number of ether oxygens (including phenoxy) is 2. The van der Waals surface area contributed by atoms with Gasteiger partial charge in [-0.1, -0.05) is 42.5 Å². The molecule has 2 aliphatic heterocycles. The van der Waals surface area contributed by atoms with Gasteiger partial charge < -0.3 is 14.4 Å². The van der Waals surface area contributed by atoms with Crippen molar-refractivity contribution in [3.05, 3.63) is 65.7 Å². The van der Waals surface area contributed by atoms with Crippen LogP contribution in [0, 0.1) is 5.92 Å². The molecule has 0 N–H and O–H groups in total. The highest BCUT2D eigenvalue weighted by Gasteiger charge is 2.55. The molecular weight excluding hydrogens is 392 g/mol. The molecule has 31 heavy (non-hydrogen) atoms. The Morgan fingerprint density at radius 2 is 1.71 bits per heavy atom. The van der Waals surface area contributed by atoms with Crippen LogP contribution in [0.15, 0.2) is 54.6 Å². The van der Waals surface area contributed by atoms with Gasteiger partial charge in [-0.3, -0.25) is 14.5 Å². The summed E-state index contributed by atoms with van der Waals surface area (Å²) < 4.78 is 10.9. The quantitative estimate of drug-likeness (QED) is 0.669. The molecule has 2 aromatic carbocycles. The Labute approximate surface area is 183 Å². The Balaban J connectivity index is 1.32. The van der Waals surface area contributed by atoms with E-state index in [1.807, 2.05) is 37.4 Å². The van der Waals surface area contributed by atoms with E-state index >= 15 is 0 Å². The van der Waals surface area contributed by atoms with E-state index in [0.29, 0.717) is 6.61 Å². The molecule has 6 nitrogen and oxygen atoms in total. The topological polar surface area (TPSA) is 59.1 Å². The van der Waals surface area contributed by atoms with Gasteiger partial charge in [0.25, 0.3) is 0 Å². The molecule has 1 spiro atoms. The molecule has 0 radical (unpaired) electrons. The lowest BCUT2D eigenvalue weighted by Gasteiger charge is -2.45. The second-order valence-corrected chi connectivity index (χ2v) is 8.53. The molecule has 2 fully saturated rings. The van der Waals surface area contributed by atoms with Crippen molar-refractivity contribution in [2.24, 2.45) is 5.92 Å². The lowest BCUT2D eigenvalue weighted by Crippen LogP contribution is -2.56. The number of benzene rings is 2. The number of carbonyl (C=O) groups is 2. The van der Waals surface area contributed by atoms with E-state index in [1.165, 1.54) is 12.7 Å². The second kappa shape index (κ2) is 9.10. The molecule has 164 valence electrons. The van der Waals surface area contributed by atoms with Crippen LogP contribution in [0.4, 0.5) is 0 Å². The molecule has 1 unspecified atom stereocenters. The number of esters is 1. The SMILES string of the molecule is COC(=O)C1CC(=O)N(C)C12CCN(Cc1ccc(OCc3ccccc3)cc1)CC2. The van der Waals surface area contributed by atoms with Crippen LogP contribution in [0.3, 0.4) is 0 Å². The van der Waals surface area contributed by atoms with Crippen LogP contribution in [0.2, 0.25) is 0 Å². The highest BCUT2D eigenvalue weighted by Crippen LogP contribution is 2.43. The number of methoxy groups -OCH3 is 1. The predicted octanol–water partition coefficient (Wildman–Crippen LogP) is 3.25. The summed E-state index contributed by atoms with van der Waals surface area (Å²) in [6.45, 7) is 3.09. The van der Waals surface area contributed by atoms with E-state index in [0.717, 1.165) is 43.8 Å². The Morgan fingerprint density at radius 1 is 1.03 bits per heavy atom. The first kappa shape index (κ1) is 21.4. The zero-order chi connectivity index (χ0) is 21.8. The van der Waals surface area contributed by atoms with Crippen LogP contribution in [0.25, 0.3) is 0 Å². The second-order valence-electron chi connectivity index (χ2n) is 8.53. The fraction of sp³-hybridized carbons (Fsp3) is 0.440. The molecular formula is C25H30N2O4. The normalized spacial score (nSPS) is 20.8. The minimum absolute atomic E-state index is 0.0370. The van der Waals surface area contributed by atoms with Crippen LogP contribution in [0.5, 0.6) is 5.75 Å². The maximum Gasteiger partial charge on any atom is 0.311 e. The molecule has 2 aromatic rings. The van der Waals surface area contributed by atoms with Gasteiger partial charge in [-0.05, 0) is 36.1 Å². The number of hydrogen-bond donors (Lipinski definition) is 0. The van der Waals surface area contributed by atoms with Gasteiger partial charge in [-0.15, -0.1) is 0 Å². The van der Waals surface area contributed by atoms with Gasteiger partial charge in [0, 0.05) is 33.1 Å². The molecule has 1 atom stereocenters. The van der Waals surface area contributed by atoms with E-state index in [9.17, 15) is 9.59 Å². The third kappa shape index (κ3) is 4.44. The first-order chi connectivity index (χ1) is 15.0. The third-order valence-electron chi connectivity index (χ3n) is 6.85. The van der Waals surface area contributed by atoms with Crippen molar-refractivity contribution >= 4 is 11.9 Å². The first-order valence-electron chi connectivity index (χ1n) is 10.8. The summed E-state index contributed by atoms with van der Waals surface area (Å²) in [5, 5.41) is 0. The Bertz CT molecular complexity index is 905. The predicted molar refractivity (Wildman–Crippen MR) is 117 cm³/mol. The zero-order valence-corrected chi connectivity index (χ0v) is 18.3. The van der Waals surface area contributed by atoms with Crippen molar-refractivity contribution in [3.63, 3.8) is 0 Å². The van der Waals surface area contributed by atoms with Crippen LogP contribution in [-0.4, -0.2) is 54.5 Å². The minimum Gasteiger partial charge on any atom is -0.489 e. The maximum atomic E-state index is 12.3. The van der Waals surface area contributed by atoms with E-state index in [2.05, 4.69) is 29.2 Å². The lowest BCUT2D eigenvalue weighted by atomic mass is 9.77. The number of hydrogen-bond acceptors (Lipinski definition) is 5. The van der Waals surface area contributed by atoms with Crippen molar-refractivity contribution in [3.8, 4) is 5.75 Å². The van der Waals surface area contributed by atoms with Gasteiger partial charge in [0.1, 0.15) is 12.4 Å². The summed E-state index contributed by atoms with van der Waals surface area (Å²) in [6.07, 6.45) is 1.83. The smallest absolute Gasteiger partial charge is 0.311 e. The largest absolute Gasteiger partial charge is 0.489 e. The average Bonchev–Trinajstić information content (AvgIpc) is 3.05.